The van der Waals surface area contributed by atoms with Crippen molar-refractivity contribution in [3.63, 3.8) is 0 Å². The molecule has 2 aromatic carbocycles. The lowest BCUT2D eigenvalue weighted by Crippen LogP contribution is -2.36. The van der Waals surface area contributed by atoms with Crippen molar-refractivity contribution < 1.29 is 19.1 Å². The molecule has 130 valence electrons. The topological polar surface area (TPSA) is 76.7 Å². The molecule has 1 aliphatic rings. The first kappa shape index (κ1) is 16.8. The Labute approximate surface area is 146 Å². The van der Waals surface area contributed by atoms with Crippen LogP contribution in [0.25, 0.3) is 0 Å². The molecule has 0 aliphatic carbocycles. The van der Waals surface area contributed by atoms with Gasteiger partial charge in [-0.3, -0.25) is 9.59 Å². The van der Waals surface area contributed by atoms with E-state index in [1.807, 2.05) is 24.3 Å². The van der Waals surface area contributed by atoms with E-state index in [-0.39, 0.29) is 11.8 Å². The van der Waals surface area contributed by atoms with E-state index in [9.17, 15) is 9.59 Å². The third-order valence-electron chi connectivity index (χ3n) is 4.04. The van der Waals surface area contributed by atoms with Crippen molar-refractivity contribution in [3.05, 3.63) is 53.6 Å². The molecule has 1 heterocycles. The average Bonchev–Trinajstić information content (AvgIpc) is 2.62. The highest BCUT2D eigenvalue weighted by Crippen LogP contribution is 2.33. The molecule has 0 saturated heterocycles. The van der Waals surface area contributed by atoms with Crippen LogP contribution in [0.3, 0.4) is 0 Å². The molecule has 2 aromatic rings. The van der Waals surface area contributed by atoms with E-state index in [4.69, 9.17) is 9.47 Å². The van der Waals surface area contributed by atoms with Crippen LogP contribution in [0.2, 0.25) is 0 Å². The van der Waals surface area contributed by atoms with Crippen molar-refractivity contribution in [2.24, 2.45) is 0 Å². The van der Waals surface area contributed by atoms with Gasteiger partial charge >= 0.3 is 0 Å². The molecule has 6 nitrogen and oxygen atoms in total. The van der Waals surface area contributed by atoms with Gasteiger partial charge in [0.25, 0.3) is 11.8 Å². The summed E-state index contributed by atoms with van der Waals surface area (Å²) in [5.41, 5.74) is 2.04. The summed E-state index contributed by atoms with van der Waals surface area (Å²) in [6.45, 7) is 2.15. The minimum atomic E-state index is -0.624. The Kier molecular flexibility index (Phi) is 4.88. The first-order valence-corrected chi connectivity index (χ1v) is 8.10. The van der Waals surface area contributed by atoms with Gasteiger partial charge in [-0.25, -0.2) is 0 Å². The Hall–Kier alpha value is -3.02. The molecule has 1 unspecified atom stereocenters. The zero-order valence-corrected chi connectivity index (χ0v) is 14.2. The summed E-state index contributed by atoms with van der Waals surface area (Å²) in [5, 5.41) is 5.63. The second-order valence-corrected chi connectivity index (χ2v) is 5.79. The van der Waals surface area contributed by atoms with Crippen LogP contribution in [0, 0.1) is 0 Å². The molecule has 1 aliphatic heterocycles. The first-order valence-electron chi connectivity index (χ1n) is 8.10. The Bertz CT molecular complexity index is 787. The number of fused-ring (bicyclic) bond motifs is 1. The van der Waals surface area contributed by atoms with E-state index in [1.54, 1.807) is 32.2 Å². The molecule has 25 heavy (non-hydrogen) atoms. The van der Waals surface area contributed by atoms with Gasteiger partial charge in [-0.15, -0.1) is 0 Å². The Morgan fingerprint density at radius 3 is 2.72 bits per heavy atom. The summed E-state index contributed by atoms with van der Waals surface area (Å²) >= 11 is 0. The maximum absolute atomic E-state index is 12.5. The van der Waals surface area contributed by atoms with Crippen molar-refractivity contribution in [2.45, 2.75) is 19.4 Å². The van der Waals surface area contributed by atoms with Crippen LogP contribution in [0.5, 0.6) is 11.5 Å². The number of hydrogen-bond donors (Lipinski definition) is 2. The van der Waals surface area contributed by atoms with Gasteiger partial charge < -0.3 is 20.1 Å². The largest absolute Gasteiger partial charge is 0.497 e. The van der Waals surface area contributed by atoms with Gasteiger partial charge in [0.15, 0.2) is 11.9 Å². The zero-order chi connectivity index (χ0) is 17.8. The number of amides is 2. The fourth-order valence-corrected chi connectivity index (χ4v) is 2.61. The van der Waals surface area contributed by atoms with Crippen molar-refractivity contribution in [1.29, 1.82) is 0 Å². The van der Waals surface area contributed by atoms with Crippen molar-refractivity contribution >= 4 is 17.5 Å². The summed E-state index contributed by atoms with van der Waals surface area (Å²) in [4.78, 5) is 24.1. The smallest absolute Gasteiger partial charge is 0.265 e. The van der Waals surface area contributed by atoms with E-state index in [0.717, 1.165) is 11.3 Å². The highest BCUT2D eigenvalue weighted by molar-refractivity contribution is 6.03. The van der Waals surface area contributed by atoms with Crippen LogP contribution in [0.1, 0.15) is 22.8 Å². The summed E-state index contributed by atoms with van der Waals surface area (Å²) < 4.78 is 10.7. The molecule has 0 spiro atoms. The Morgan fingerprint density at radius 1 is 1.24 bits per heavy atom. The lowest BCUT2D eigenvalue weighted by atomic mass is 10.1. The fourth-order valence-electron chi connectivity index (χ4n) is 2.61. The van der Waals surface area contributed by atoms with Crippen molar-refractivity contribution in [3.8, 4) is 11.5 Å². The molecule has 6 heteroatoms. The number of anilines is 1. The van der Waals surface area contributed by atoms with Crippen LogP contribution < -0.4 is 20.1 Å². The van der Waals surface area contributed by atoms with Crippen molar-refractivity contribution in [1.82, 2.24) is 5.32 Å². The summed E-state index contributed by atoms with van der Waals surface area (Å²) in [7, 11) is 1.63. The van der Waals surface area contributed by atoms with Gasteiger partial charge in [0, 0.05) is 6.54 Å². The molecular formula is C19H20N2O4. The summed E-state index contributed by atoms with van der Waals surface area (Å²) in [6, 6.07) is 12.8. The van der Waals surface area contributed by atoms with Gasteiger partial charge in [0.05, 0.1) is 18.4 Å². The molecule has 0 fully saturated rings. The lowest BCUT2D eigenvalue weighted by molar-refractivity contribution is -0.122. The normalized spacial score (nSPS) is 15.6. The molecule has 2 amide bonds. The second kappa shape index (κ2) is 7.25. The maximum Gasteiger partial charge on any atom is 0.265 e. The van der Waals surface area contributed by atoms with Gasteiger partial charge in [-0.1, -0.05) is 18.2 Å². The number of benzene rings is 2. The van der Waals surface area contributed by atoms with Crippen LogP contribution in [-0.2, 0) is 11.2 Å². The highest BCUT2D eigenvalue weighted by Gasteiger charge is 2.27. The number of hydrogen-bond acceptors (Lipinski definition) is 4. The standard InChI is InChI=1S/C19H20N2O4/c1-12-18(22)21-16-5-3-4-15(17(16)25-12)19(23)20-11-10-13-6-8-14(24-2)9-7-13/h3-9,12H,10-11H2,1-2H3,(H,20,23)(H,21,22). The van der Waals surface area contributed by atoms with Gasteiger partial charge in [0.1, 0.15) is 5.75 Å². The minimum absolute atomic E-state index is 0.218. The van der Waals surface area contributed by atoms with Crippen LogP contribution in [-0.4, -0.2) is 31.6 Å². The van der Waals surface area contributed by atoms with Crippen molar-refractivity contribution in [2.75, 3.05) is 19.0 Å². The SMILES string of the molecule is COc1ccc(CCNC(=O)c2cccc3c2OC(C)C(=O)N3)cc1. The predicted molar refractivity (Wildman–Crippen MR) is 94.2 cm³/mol. The molecule has 0 radical (unpaired) electrons. The summed E-state index contributed by atoms with van der Waals surface area (Å²) in [6.07, 6.45) is 0.0828. The molecule has 1 atom stereocenters. The molecule has 0 bridgehead atoms. The Balaban J connectivity index is 1.64. The van der Waals surface area contributed by atoms with Gasteiger partial charge in [-0.2, -0.15) is 0 Å². The number of ether oxygens (including phenoxy) is 2. The van der Waals surface area contributed by atoms with Gasteiger partial charge in [-0.05, 0) is 43.2 Å². The third kappa shape index (κ3) is 3.74. The monoisotopic (exact) mass is 340 g/mol. The highest BCUT2D eigenvalue weighted by atomic mass is 16.5. The predicted octanol–water partition coefficient (Wildman–Crippen LogP) is 2.39. The average molecular weight is 340 g/mol. The summed E-state index contributed by atoms with van der Waals surface area (Å²) in [5.74, 6) is 0.770. The number of methoxy groups -OCH3 is 1. The number of para-hydroxylation sites is 1. The first-order chi connectivity index (χ1) is 12.1. The number of rotatable bonds is 5. The third-order valence-corrected chi connectivity index (χ3v) is 4.04. The van der Waals surface area contributed by atoms with Crippen LogP contribution >= 0.6 is 0 Å². The fraction of sp³-hybridized carbons (Fsp3) is 0.263. The molecule has 0 aromatic heterocycles. The number of nitrogens with one attached hydrogen (secondary N) is 2. The maximum atomic E-state index is 12.5. The number of carbonyl (C=O) groups excluding carboxylic acids is 2. The van der Waals surface area contributed by atoms with E-state index in [1.165, 1.54) is 0 Å². The van der Waals surface area contributed by atoms with Gasteiger partial charge in [0.2, 0.25) is 0 Å². The molecule has 2 N–H and O–H groups in total. The van der Waals surface area contributed by atoms with E-state index < -0.39 is 6.10 Å². The van der Waals surface area contributed by atoms with E-state index in [0.29, 0.717) is 30.0 Å². The molecule has 0 saturated carbocycles. The Morgan fingerprint density at radius 2 is 2.00 bits per heavy atom. The van der Waals surface area contributed by atoms with Crippen LogP contribution in [0.4, 0.5) is 5.69 Å². The molecular weight excluding hydrogens is 320 g/mol. The number of carbonyl (C=O) groups is 2. The molecule has 3 rings (SSSR count). The lowest BCUT2D eigenvalue weighted by Gasteiger charge is -2.25. The van der Waals surface area contributed by atoms with E-state index in [2.05, 4.69) is 10.6 Å². The second-order valence-electron chi connectivity index (χ2n) is 5.79. The van der Waals surface area contributed by atoms with Crippen LogP contribution in [0.15, 0.2) is 42.5 Å². The van der Waals surface area contributed by atoms with E-state index >= 15 is 0 Å². The zero-order valence-electron chi connectivity index (χ0n) is 14.2. The quantitative estimate of drug-likeness (QED) is 0.876. The minimum Gasteiger partial charge on any atom is -0.497 e.